The summed E-state index contributed by atoms with van der Waals surface area (Å²) in [5, 5.41) is 19.6. The van der Waals surface area contributed by atoms with Crippen LogP contribution in [0, 0.1) is 0 Å². The van der Waals surface area contributed by atoms with Crippen LogP contribution in [0.15, 0.2) is 66.9 Å². The Balaban J connectivity index is 2.04. The number of pyridine rings is 1. The Bertz CT molecular complexity index is 908. The first-order chi connectivity index (χ1) is 10.8. The maximum Gasteiger partial charge on any atom is 0.488 e. The van der Waals surface area contributed by atoms with E-state index in [4.69, 9.17) is 0 Å². The summed E-state index contributed by atoms with van der Waals surface area (Å²) in [5.41, 5.74) is 4.50. The first kappa shape index (κ1) is 13.1. The normalized spacial score (nSPS) is 11.2. The van der Waals surface area contributed by atoms with Crippen LogP contribution in [-0.4, -0.2) is 26.7 Å². The van der Waals surface area contributed by atoms with Gasteiger partial charge >= 0.3 is 7.12 Å². The van der Waals surface area contributed by atoms with Crippen LogP contribution in [0.5, 0.6) is 0 Å². The highest BCUT2D eigenvalue weighted by Crippen LogP contribution is 2.29. The molecule has 4 nitrogen and oxygen atoms in total. The summed E-state index contributed by atoms with van der Waals surface area (Å²) in [6.07, 6.45) is 1.80. The van der Waals surface area contributed by atoms with Gasteiger partial charge in [0.05, 0.1) is 16.6 Å². The van der Waals surface area contributed by atoms with Crippen molar-refractivity contribution in [3.05, 3.63) is 66.9 Å². The van der Waals surface area contributed by atoms with Crippen molar-refractivity contribution in [2.24, 2.45) is 0 Å². The van der Waals surface area contributed by atoms with Crippen molar-refractivity contribution in [2.75, 3.05) is 0 Å². The number of nitrogens with zero attached hydrogens (tertiary/aromatic N) is 2. The molecule has 2 aromatic heterocycles. The molecule has 0 spiro atoms. The highest BCUT2D eigenvalue weighted by atomic mass is 16.4. The first-order valence-corrected chi connectivity index (χ1v) is 7.06. The van der Waals surface area contributed by atoms with Gasteiger partial charge in [0.1, 0.15) is 0 Å². The van der Waals surface area contributed by atoms with Crippen LogP contribution in [0.3, 0.4) is 0 Å². The van der Waals surface area contributed by atoms with E-state index in [-0.39, 0.29) is 0 Å². The molecule has 0 aliphatic carbocycles. The number of benzene rings is 2. The van der Waals surface area contributed by atoms with Crippen molar-refractivity contribution in [1.82, 2.24) is 9.55 Å². The van der Waals surface area contributed by atoms with Crippen molar-refractivity contribution in [1.29, 1.82) is 0 Å². The molecule has 0 atom stereocenters. The molecule has 0 saturated carbocycles. The highest BCUT2D eigenvalue weighted by Gasteiger charge is 2.14. The SMILES string of the molecule is OB(O)c1ccc(-n2c3ccccc3c3ncccc32)cc1. The Labute approximate surface area is 127 Å². The molecule has 0 aliphatic rings. The second-order valence-corrected chi connectivity index (χ2v) is 5.19. The van der Waals surface area contributed by atoms with Gasteiger partial charge in [-0.1, -0.05) is 30.3 Å². The van der Waals surface area contributed by atoms with Gasteiger partial charge in [0.2, 0.25) is 0 Å². The molecule has 0 radical (unpaired) electrons. The third-order valence-corrected chi connectivity index (χ3v) is 3.88. The minimum atomic E-state index is -1.45. The van der Waals surface area contributed by atoms with E-state index in [1.165, 1.54) is 0 Å². The predicted octanol–water partition coefficient (Wildman–Crippen LogP) is 1.86. The quantitative estimate of drug-likeness (QED) is 0.553. The van der Waals surface area contributed by atoms with E-state index in [9.17, 15) is 10.0 Å². The van der Waals surface area contributed by atoms with E-state index in [2.05, 4.69) is 21.7 Å². The van der Waals surface area contributed by atoms with E-state index in [1.54, 1.807) is 18.3 Å². The minimum Gasteiger partial charge on any atom is -0.423 e. The van der Waals surface area contributed by atoms with Gasteiger partial charge < -0.3 is 14.6 Å². The molecule has 0 amide bonds. The maximum atomic E-state index is 9.23. The first-order valence-electron chi connectivity index (χ1n) is 7.06. The minimum absolute atomic E-state index is 0.475. The molecule has 5 heteroatoms. The second-order valence-electron chi connectivity index (χ2n) is 5.19. The molecule has 4 rings (SSSR count). The zero-order valence-electron chi connectivity index (χ0n) is 11.7. The summed E-state index contributed by atoms with van der Waals surface area (Å²) in [4.78, 5) is 4.50. The predicted molar refractivity (Wildman–Crippen MR) is 88.4 cm³/mol. The Kier molecular flexibility index (Phi) is 2.96. The largest absolute Gasteiger partial charge is 0.488 e. The molecule has 0 bridgehead atoms. The van der Waals surface area contributed by atoms with Gasteiger partial charge in [0.15, 0.2) is 0 Å². The summed E-state index contributed by atoms with van der Waals surface area (Å²) in [7, 11) is -1.45. The molecule has 2 heterocycles. The van der Waals surface area contributed by atoms with Crippen LogP contribution in [0.2, 0.25) is 0 Å². The second kappa shape index (κ2) is 4.98. The average Bonchev–Trinajstić information content (AvgIpc) is 2.89. The zero-order valence-corrected chi connectivity index (χ0v) is 11.7. The molecule has 106 valence electrons. The molecule has 0 unspecified atom stereocenters. The summed E-state index contributed by atoms with van der Waals surface area (Å²) < 4.78 is 2.13. The molecule has 2 N–H and O–H groups in total. The number of rotatable bonds is 2. The van der Waals surface area contributed by atoms with E-state index in [0.29, 0.717) is 5.46 Å². The van der Waals surface area contributed by atoms with Crippen molar-refractivity contribution in [2.45, 2.75) is 0 Å². The zero-order chi connectivity index (χ0) is 15.1. The summed E-state index contributed by atoms with van der Waals surface area (Å²) in [6, 6.07) is 19.3. The summed E-state index contributed by atoms with van der Waals surface area (Å²) >= 11 is 0. The van der Waals surface area contributed by atoms with E-state index >= 15 is 0 Å². The fourth-order valence-electron chi connectivity index (χ4n) is 2.86. The fourth-order valence-corrected chi connectivity index (χ4v) is 2.86. The molecule has 0 saturated heterocycles. The van der Waals surface area contributed by atoms with E-state index in [0.717, 1.165) is 27.6 Å². The third-order valence-electron chi connectivity index (χ3n) is 3.88. The van der Waals surface area contributed by atoms with Crippen molar-refractivity contribution < 1.29 is 10.0 Å². The topological polar surface area (TPSA) is 58.3 Å². The van der Waals surface area contributed by atoms with Gasteiger partial charge in [-0.05, 0) is 35.8 Å². The fraction of sp³-hybridized carbons (Fsp3) is 0. The molecule has 0 aliphatic heterocycles. The lowest BCUT2D eigenvalue weighted by Crippen LogP contribution is -2.29. The number of aromatic nitrogens is 2. The van der Waals surface area contributed by atoms with E-state index in [1.807, 2.05) is 36.4 Å². The van der Waals surface area contributed by atoms with Gasteiger partial charge in [-0.2, -0.15) is 0 Å². The van der Waals surface area contributed by atoms with Gasteiger partial charge in [-0.25, -0.2) is 0 Å². The molecular formula is C17H13BN2O2. The van der Waals surface area contributed by atoms with Crippen LogP contribution >= 0.6 is 0 Å². The van der Waals surface area contributed by atoms with E-state index < -0.39 is 7.12 Å². The molecule has 4 aromatic rings. The number of hydrogen-bond acceptors (Lipinski definition) is 3. The Morgan fingerprint density at radius 2 is 1.55 bits per heavy atom. The van der Waals surface area contributed by atoms with Gasteiger partial charge in [0, 0.05) is 17.3 Å². The number of hydrogen-bond donors (Lipinski definition) is 2. The Morgan fingerprint density at radius 1 is 0.818 bits per heavy atom. The highest BCUT2D eigenvalue weighted by molar-refractivity contribution is 6.58. The third kappa shape index (κ3) is 1.91. The Hall–Kier alpha value is -2.63. The lowest BCUT2D eigenvalue weighted by molar-refractivity contribution is 0.426. The molecular weight excluding hydrogens is 275 g/mol. The molecule has 2 aromatic carbocycles. The Morgan fingerprint density at radius 3 is 2.32 bits per heavy atom. The maximum absolute atomic E-state index is 9.23. The van der Waals surface area contributed by atoms with Gasteiger partial charge in [0.25, 0.3) is 0 Å². The van der Waals surface area contributed by atoms with Crippen LogP contribution in [0.4, 0.5) is 0 Å². The average molecular weight is 288 g/mol. The van der Waals surface area contributed by atoms with Crippen LogP contribution in [-0.2, 0) is 0 Å². The number of para-hydroxylation sites is 1. The lowest BCUT2D eigenvalue weighted by Gasteiger charge is -2.08. The van der Waals surface area contributed by atoms with Crippen LogP contribution < -0.4 is 5.46 Å². The summed E-state index contributed by atoms with van der Waals surface area (Å²) in [5.74, 6) is 0. The van der Waals surface area contributed by atoms with Crippen LogP contribution in [0.25, 0.3) is 27.6 Å². The summed E-state index contributed by atoms with van der Waals surface area (Å²) in [6.45, 7) is 0. The molecule has 0 fully saturated rings. The van der Waals surface area contributed by atoms with Crippen molar-refractivity contribution >= 4 is 34.5 Å². The standard InChI is InChI=1S/C17H13BN2O2/c21-18(22)12-7-9-13(10-8-12)20-15-5-2-1-4-14(15)17-16(20)6-3-11-19-17/h1-11,21-22H. The monoisotopic (exact) mass is 288 g/mol. The van der Waals surface area contributed by atoms with Crippen molar-refractivity contribution in [3.63, 3.8) is 0 Å². The lowest BCUT2D eigenvalue weighted by atomic mass is 9.80. The van der Waals surface area contributed by atoms with Crippen LogP contribution in [0.1, 0.15) is 0 Å². The van der Waals surface area contributed by atoms with Crippen molar-refractivity contribution in [3.8, 4) is 5.69 Å². The number of fused-ring (bicyclic) bond motifs is 3. The smallest absolute Gasteiger partial charge is 0.423 e. The van der Waals surface area contributed by atoms with Gasteiger partial charge in [-0.3, -0.25) is 4.98 Å². The molecule has 22 heavy (non-hydrogen) atoms. The van der Waals surface area contributed by atoms with Gasteiger partial charge in [-0.15, -0.1) is 0 Å².